The Bertz CT molecular complexity index is 202. The average Bonchev–Trinajstić information content (AvgIpc) is 2.98. The number of carbonyl (C=O) groups is 2. The van der Waals surface area contributed by atoms with E-state index in [4.69, 9.17) is 4.74 Å². The number of carbonyl (C=O) groups excluding carboxylic acids is 2. The maximum atomic E-state index is 10.7. The van der Waals surface area contributed by atoms with E-state index < -0.39 is 0 Å². The third kappa shape index (κ3) is 9.59. The molecule has 1 rings (SSSR count). The molecule has 0 saturated heterocycles. The summed E-state index contributed by atoms with van der Waals surface area (Å²) in [6.07, 6.45) is 3.99. The Morgan fingerprint density at radius 2 is 1.93 bits per heavy atom. The van der Waals surface area contributed by atoms with Crippen LogP contribution >= 0.6 is 11.8 Å². The summed E-state index contributed by atoms with van der Waals surface area (Å²) in [6, 6.07) is 0. The van der Waals surface area contributed by atoms with Gasteiger partial charge in [0.25, 0.3) is 0 Å². The molecule has 1 saturated carbocycles. The van der Waals surface area contributed by atoms with Gasteiger partial charge >= 0.3 is 11.9 Å². The van der Waals surface area contributed by atoms with E-state index in [2.05, 4.69) is 4.74 Å². The molecule has 1 fully saturated rings. The molecular formula is C10H18O4S. The van der Waals surface area contributed by atoms with Crippen LogP contribution in [0, 0.1) is 5.92 Å². The third-order valence-electron chi connectivity index (χ3n) is 1.58. The summed E-state index contributed by atoms with van der Waals surface area (Å²) in [5.41, 5.74) is 0. The Morgan fingerprint density at radius 3 is 2.20 bits per heavy atom. The molecule has 0 aromatic heterocycles. The van der Waals surface area contributed by atoms with Gasteiger partial charge in [-0.15, -0.1) is 11.8 Å². The van der Waals surface area contributed by atoms with Gasteiger partial charge in [0, 0.05) is 6.92 Å². The van der Waals surface area contributed by atoms with Crippen LogP contribution in [0.4, 0.5) is 0 Å². The Kier molecular flexibility index (Phi) is 8.18. The summed E-state index contributed by atoms with van der Waals surface area (Å²) in [5.74, 6) is 0.536. The number of esters is 2. The summed E-state index contributed by atoms with van der Waals surface area (Å²) < 4.78 is 9.24. The average molecular weight is 234 g/mol. The predicted molar refractivity (Wildman–Crippen MR) is 59.5 cm³/mol. The van der Waals surface area contributed by atoms with Crippen molar-refractivity contribution in [3.63, 3.8) is 0 Å². The van der Waals surface area contributed by atoms with Gasteiger partial charge in [0.2, 0.25) is 0 Å². The van der Waals surface area contributed by atoms with Gasteiger partial charge in [0.15, 0.2) is 0 Å². The molecule has 0 spiro atoms. The van der Waals surface area contributed by atoms with Gasteiger partial charge < -0.3 is 9.47 Å². The Labute approximate surface area is 94.7 Å². The van der Waals surface area contributed by atoms with E-state index in [1.54, 1.807) is 6.92 Å². The van der Waals surface area contributed by atoms with Crippen molar-refractivity contribution in [3.8, 4) is 0 Å². The third-order valence-corrected chi connectivity index (χ3v) is 1.93. The first-order valence-corrected chi connectivity index (χ1v) is 6.30. The highest BCUT2D eigenvalue weighted by Gasteiger charge is 2.30. The van der Waals surface area contributed by atoms with Gasteiger partial charge in [-0.05, 0) is 26.0 Å². The fraction of sp³-hybridized carbons (Fsp3) is 0.800. The van der Waals surface area contributed by atoms with E-state index in [0.717, 1.165) is 12.8 Å². The molecule has 0 bridgehead atoms. The van der Waals surface area contributed by atoms with Crippen molar-refractivity contribution in [2.45, 2.75) is 26.7 Å². The van der Waals surface area contributed by atoms with E-state index in [1.165, 1.54) is 18.7 Å². The molecule has 1 aliphatic carbocycles. The van der Waals surface area contributed by atoms with Crippen LogP contribution in [0.5, 0.6) is 0 Å². The SMILES string of the molecule is CCOC(C)=O.CSCOC(=O)C1CC1. The van der Waals surface area contributed by atoms with Crippen molar-refractivity contribution < 1.29 is 19.1 Å². The molecular weight excluding hydrogens is 216 g/mol. The van der Waals surface area contributed by atoms with Crippen molar-refractivity contribution in [1.82, 2.24) is 0 Å². The first-order chi connectivity index (χ1) is 7.11. The molecule has 0 radical (unpaired) electrons. The smallest absolute Gasteiger partial charge is 0.309 e. The van der Waals surface area contributed by atoms with Crippen LogP contribution < -0.4 is 0 Å². The van der Waals surface area contributed by atoms with E-state index in [1.807, 2.05) is 6.26 Å². The first kappa shape index (κ1) is 14.3. The van der Waals surface area contributed by atoms with Gasteiger partial charge in [0.05, 0.1) is 12.5 Å². The van der Waals surface area contributed by atoms with Crippen LogP contribution in [-0.2, 0) is 19.1 Å². The minimum absolute atomic E-state index is 0.00986. The molecule has 88 valence electrons. The summed E-state index contributed by atoms with van der Waals surface area (Å²) >= 11 is 1.53. The van der Waals surface area contributed by atoms with Crippen LogP contribution in [0.15, 0.2) is 0 Å². The zero-order valence-electron chi connectivity index (χ0n) is 9.45. The number of hydrogen-bond acceptors (Lipinski definition) is 5. The predicted octanol–water partition coefficient (Wildman–Crippen LogP) is 1.83. The Balaban J connectivity index is 0.000000288. The Hall–Kier alpha value is -0.710. The second kappa shape index (κ2) is 8.59. The van der Waals surface area contributed by atoms with Crippen molar-refractivity contribution in [2.75, 3.05) is 18.8 Å². The zero-order chi connectivity index (χ0) is 11.7. The fourth-order valence-corrected chi connectivity index (χ4v) is 0.991. The lowest BCUT2D eigenvalue weighted by Crippen LogP contribution is -2.04. The van der Waals surface area contributed by atoms with E-state index in [9.17, 15) is 9.59 Å². The van der Waals surface area contributed by atoms with Gasteiger partial charge in [-0.3, -0.25) is 9.59 Å². The molecule has 4 nitrogen and oxygen atoms in total. The molecule has 0 atom stereocenters. The lowest BCUT2D eigenvalue weighted by atomic mass is 10.4. The van der Waals surface area contributed by atoms with Gasteiger partial charge in [-0.1, -0.05) is 0 Å². The van der Waals surface area contributed by atoms with Crippen molar-refractivity contribution in [2.24, 2.45) is 5.92 Å². The minimum Gasteiger partial charge on any atom is -0.466 e. The standard InChI is InChI=1S/C6H10O2S.C4H8O2/c1-9-4-8-6(7)5-2-3-5;1-3-6-4(2)5/h5H,2-4H2,1H3;3H2,1-2H3. The lowest BCUT2D eigenvalue weighted by Gasteiger charge is -1.98. The quantitative estimate of drug-likeness (QED) is 0.548. The number of thioether (sulfide) groups is 1. The van der Waals surface area contributed by atoms with E-state index in [-0.39, 0.29) is 17.9 Å². The topological polar surface area (TPSA) is 52.6 Å². The van der Waals surface area contributed by atoms with Crippen LogP contribution in [0.1, 0.15) is 26.7 Å². The van der Waals surface area contributed by atoms with Gasteiger partial charge in [-0.2, -0.15) is 0 Å². The molecule has 0 heterocycles. The van der Waals surface area contributed by atoms with Crippen molar-refractivity contribution >= 4 is 23.7 Å². The molecule has 0 aromatic rings. The van der Waals surface area contributed by atoms with Crippen LogP contribution in [-0.4, -0.2) is 30.7 Å². The second-order valence-electron chi connectivity index (χ2n) is 3.07. The molecule has 0 unspecified atom stereocenters. The first-order valence-electron chi connectivity index (χ1n) is 4.90. The van der Waals surface area contributed by atoms with Crippen LogP contribution in [0.25, 0.3) is 0 Å². The summed E-state index contributed by atoms with van der Waals surface area (Å²) in [7, 11) is 0. The van der Waals surface area contributed by atoms with Crippen molar-refractivity contribution in [1.29, 1.82) is 0 Å². The summed E-state index contributed by atoms with van der Waals surface area (Å²) in [5, 5.41) is 0. The maximum absolute atomic E-state index is 10.7. The van der Waals surface area contributed by atoms with Crippen molar-refractivity contribution in [3.05, 3.63) is 0 Å². The van der Waals surface area contributed by atoms with E-state index >= 15 is 0 Å². The fourth-order valence-electron chi connectivity index (χ4n) is 0.757. The molecule has 0 N–H and O–H groups in total. The van der Waals surface area contributed by atoms with Crippen LogP contribution in [0.2, 0.25) is 0 Å². The van der Waals surface area contributed by atoms with Gasteiger partial charge in [0.1, 0.15) is 5.94 Å². The van der Waals surface area contributed by atoms with Crippen LogP contribution in [0.3, 0.4) is 0 Å². The molecule has 15 heavy (non-hydrogen) atoms. The molecule has 0 amide bonds. The molecule has 0 aliphatic heterocycles. The molecule has 1 aliphatic rings. The monoisotopic (exact) mass is 234 g/mol. The van der Waals surface area contributed by atoms with Gasteiger partial charge in [-0.25, -0.2) is 0 Å². The number of ether oxygens (including phenoxy) is 2. The minimum atomic E-state index is -0.211. The summed E-state index contributed by atoms with van der Waals surface area (Å²) in [4.78, 5) is 20.6. The highest BCUT2D eigenvalue weighted by molar-refractivity contribution is 7.98. The molecule has 0 aromatic carbocycles. The largest absolute Gasteiger partial charge is 0.466 e. The number of rotatable bonds is 4. The molecule has 5 heteroatoms. The highest BCUT2D eigenvalue weighted by atomic mass is 32.2. The van der Waals surface area contributed by atoms with E-state index in [0.29, 0.717) is 12.5 Å². The second-order valence-corrected chi connectivity index (χ2v) is 3.88. The highest BCUT2D eigenvalue weighted by Crippen LogP contribution is 2.30. The summed E-state index contributed by atoms with van der Waals surface area (Å²) in [6.45, 7) is 3.65. The normalized spacial score (nSPS) is 13.5. The maximum Gasteiger partial charge on any atom is 0.309 e. The number of hydrogen-bond donors (Lipinski definition) is 0. The zero-order valence-corrected chi connectivity index (χ0v) is 10.3. The Morgan fingerprint density at radius 1 is 1.33 bits per heavy atom. The lowest BCUT2D eigenvalue weighted by molar-refractivity contribution is -0.143.